The zero-order valence-electron chi connectivity index (χ0n) is 14.4. The maximum atomic E-state index is 12.8. The lowest BCUT2D eigenvalue weighted by Crippen LogP contribution is -2.31. The Kier molecular flexibility index (Phi) is 5.07. The van der Waals surface area contributed by atoms with Crippen molar-refractivity contribution in [3.05, 3.63) is 58.1 Å². The van der Waals surface area contributed by atoms with Crippen LogP contribution in [0.25, 0.3) is 0 Å². The van der Waals surface area contributed by atoms with E-state index in [4.69, 9.17) is 13.9 Å². The number of hydrogen-bond donors (Lipinski definition) is 0. The Morgan fingerprint density at radius 1 is 1.32 bits per heavy atom. The van der Waals surface area contributed by atoms with Gasteiger partial charge in [0.25, 0.3) is 5.91 Å². The zero-order valence-corrected chi connectivity index (χ0v) is 14.4. The first kappa shape index (κ1) is 17.1. The molecule has 1 fully saturated rings. The van der Waals surface area contributed by atoms with Crippen molar-refractivity contribution in [3.8, 4) is 11.5 Å². The Balaban J connectivity index is 1.68. The molecule has 0 saturated carbocycles. The van der Waals surface area contributed by atoms with E-state index in [9.17, 15) is 9.59 Å². The predicted molar refractivity (Wildman–Crippen MR) is 92.3 cm³/mol. The summed E-state index contributed by atoms with van der Waals surface area (Å²) in [6.45, 7) is 5.16. The van der Waals surface area contributed by atoms with Crippen LogP contribution in [0, 0.1) is 6.92 Å². The molecule has 0 bridgehead atoms. The number of carbonyl (C=O) groups is 1. The van der Waals surface area contributed by atoms with Crippen LogP contribution in [-0.2, 0) is 0 Å². The number of carbonyl (C=O) groups excluding carboxylic acids is 1. The van der Waals surface area contributed by atoms with Crippen molar-refractivity contribution < 1.29 is 18.7 Å². The van der Waals surface area contributed by atoms with Crippen LogP contribution in [0.1, 0.15) is 29.5 Å². The topological polar surface area (TPSA) is 69.0 Å². The first-order valence-electron chi connectivity index (χ1n) is 8.36. The van der Waals surface area contributed by atoms with Gasteiger partial charge in [-0.25, -0.2) is 4.79 Å². The second-order valence-electron chi connectivity index (χ2n) is 5.93. The van der Waals surface area contributed by atoms with Crippen molar-refractivity contribution in [2.45, 2.75) is 26.4 Å². The van der Waals surface area contributed by atoms with Gasteiger partial charge in [-0.3, -0.25) is 4.79 Å². The van der Waals surface area contributed by atoms with Gasteiger partial charge >= 0.3 is 5.63 Å². The molecule has 2 aromatic rings. The number of hydrogen-bond acceptors (Lipinski definition) is 5. The number of ether oxygens (including phenoxy) is 2. The third-order valence-electron chi connectivity index (χ3n) is 4.02. The van der Waals surface area contributed by atoms with E-state index >= 15 is 0 Å². The minimum atomic E-state index is -0.438. The van der Waals surface area contributed by atoms with E-state index in [1.54, 1.807) is 30.0 Å². The molecule has 0 radical (unpaired) electrons. The van der Waals surface area contributed by atoms with Gasteiger partial charge in [-0.15, -0.1) is 0 Å². The molecule has 1 atom stereocenters. The molecule has 0 N–H and O–H groups in total. The first-order valence-corrected chi connectivity index (χ1v) is 8.36. The second-order valence-corrected chi connectivity index (χ2v) is 5.93. The fraction of sp³-hybridized carbons (Fsp3) is 0.368. The van der Waals surface area contributed by atoms with Gasteiger partial charge in [0.05, 0.1) is 24.8 Å². The molecule has 6 nitrogen and oxygen atoms in total. The summed E-state index contributed by atoms with van der Waals surface area (Å²) in [6, 6.07) is 10.2. The summed E-state index contributed by atoms with van der Waals surface area (Å²) in [7, 11) is 0. The molecule has 0 aliphatic carbocycles. The van der Waals surface area contributed by atoms with Crippen LogP contribution >= 0.6 is 0 Å². The van der Waals surface area contributed by atoms with Crippen LogP contribution in [0.5, 0.6) is 11.5 Å². The van der Waals surface area contributed by atoms with Crippen molar-refractivity contribution in [1.29, 1.82) is 0 Å². The fourth-order valence-corrected chi connectivity index (χ4v) is 2.94. The van der Waals surface area contributed by atoms with E-state index in [1.165, 1.54) is 6.07 Å². The summed E-state index contributed by atoms with van der Waals surface area (Å²) in [4.78, 5) is 25.9. The van der Waals surface area contributed by atoms with Gasteiger partial charge in [0.1, 0.15) is 23.4 Å². The molecular formula is C19H21NO5. The first-order chi connectivity index (χ1) is 12.1. The van der Waals surface area contributed by atoms with E-state index in [1.807, 2.05) is 19.1 Å². The van der Waals surface area contributed by atoms with Crippen LogP contribution in [0.2, 0.25) is 0 Å². The molecule has 0 spiro atoms. The van der Waals surface area contributed by atoms with Crippen LogP contribution < -0.4 is 15.1 Å². The third-order valence-corrected chi connectivity index (χ3v) is 4.02. The molecule has 1 aromatic carbocycles. The van der Waals surface area contributed by atoms with E-state index < -0.39 is 5.63 Å². The van der Waals surface area contributed by atoms with Crippen LogP contribution in [0.15, 0.2) is 45.6 Å². The molecule has 1 aliphatic heterocycles. The minimum absolute atomic E-state index is 0.0705. The lowest BCUT2D eigenvalue weighted by molar-refractivity contribution is 0.0768. The normalized spacial score (nSPS) is 16.7. The highest BCUT2D eigenvalue weighted by molar-refractivity contribution is 5.97. The number of nitrogens with zero attached hydrogens (tertiary/aromatic N) is 1. The molecule has 2 heterocycles. The lowest BCUT2D eigenvalue weighted by atomic mass is 10.2. The van der Waals surface area contributed by atoms with Gasteiger partial charge in [-0.1, -0.05) is 12.1 Å². The van der Waals surface area contributed by atoms with Gasteiger partial charge in [0.2, 0.25) is 0 Å². The van der Waals surface area contributed by atoms with Crippen molar-refractivity contribution in [1.82, 2.24) is 4.90 Å². The highest BCUT2D eigenvalue weighted by atomic mass is 16.5. The van der Waals surface area contributed by atoms with Crippen molar-refractivity contribution in [2.75, 3.05) is 19.7 Å². The van der Waals surface area contributed by atoms with Crippen LogP contribution in [0.3, 0.4) is 0 Å². The van der Waals surface area contributed by atoms with E-state index in [0.717, 1.165) is 0 Å². The van der Waals surface area contributed by atoms with Gasteiger partial charge in [-0.2, -0.15) is 0 Å². The number of amides is 1. The molecule has 1 aliphatic rings. The summed E-state index contributed by atoms with van der Waals surface area (Å²) in [5.74, 6) is 1.50. The van der Waals surface area contributed by atoms with Crippen molar-refractivity contribution >= 4 is 5.91 Å². The Morgan fingerprint density at radius 2 is 2.12 bits per heavy atom. The monoisotopic (exact) mass is 343 g/mol. The van der Waals surface area contributed by atoms with Gasteiger partial charge in [-0.05, 0) is 26.0 Å². The average molecular weight is 343 g/mol. The lowest BCUT2D eigenvalue weighted by Gasteiger charge is -2.19. The van der Waals surface area contributed by atoms with Gasteiger partial charge < -0.3 is 18.8 Å². The number of aryl methyl sites for hydroxylation is 1. The second kappa shape index (κ2) is 7.42. The van der Waals surface area contributed by atoms with E-state index in [2.05, 4.69) is 0 Å². The standard InChI is InChI=1S/C19H21NO5/c1-3-23-17-7-5-4-6-16(17)19(22)20-9-8-14(12-20)25-15-10-13(2)24-18(21)11-15/h4-7,10-11,14H,3,8-9,12H2,1-2H3/t14-/m0/s1. The SMILES string of the molecule is CCOc1ccccc1C(=O)N1CC[C@H](Oc2cc(C)oc(=O)c2)C1. The Labute approximate surface area is 146 Å². The summed E-state index contributed by atoms with van der Waals surface area (Å²) >= 11 is 0. The molecule has 1 saturated heterocycles. The van der Waals surface area contributed by atoms with Crippen molar-refractivity contribution in [3.63, 3.8) is 0 Å². The largest absolute Gasteiger partial charge is 0.493 e. The fourth-order valence-electron chi connectivity index (χ4n) is 2.94. The number of para-hydroxylation sites is 1. The summed E-state index contributed by atoms with van der Waals surface area (Å²) in [5.41, 5.74) is 0.118. The number of likely N-dealkylation sites (tertiary alicyclic amines) is 1. The van der Waals surface area contributed by atoms with Gasteiger partial charge in [0.15, 0.2) is 0 Å². The smallest absolute Gasteiger partial charge is 0.339 e. The van der Waals surface area contributed by atoms with Gasteiger partial charge in [0, 0.05) is 19.0 Å². The Bertz CT molecular complexity index is 813. The van der Waals surface area contributed by atoms with Crippen LogP contribution in [-0.4, -0.2) is 36.6 Å². The Morgan fingerprint density at radius 3 is 2.88 bits per heavy atom. The molecule has 0 unspecified atom stereocenters. The van der Waals surface area contributed by atoms with Crippen LogP contribution in [0.4, 0.5) is 0 Å². The maximum absolute atomic E-state index is 12.8. The summed E-state index contributed by atoms with van der Waals surface area (Å²) in [6.07, 6.45) is 0.561. The third kappa shape index (κ3) is 4.02. The highest BCUT2D eigenvalue weighted by Gasteiger charge is 2.29. The quantitative estimate of drug-likeness (QED) is 0.835. The van der Waals surface area contributed by atoms with Crippen molar-refractivity contribution in [2.24, 2.45) is 0 Å². The molecule has 1 aromatic heterocycles. The van der Waals surface area contributed by atoms with E-state index in [-0.39, 0.29) is 12.0 Å². The minimum Gasteiger partial charge on any atom is -0.493 e. The number of rotatable bonds is 5. The molecule has 1 amide bonds. The predicted octanol–water partition coefficient (Wildman–Crippen LogP) is 2.64. The summed E-state index contributed by atoms with van der Waals surface area (Å²) in [5, 5.41) is 0. The maximum Gasteiger partial charge on any atom is 0.339 e. The zero-order chi connectivity index (χ0) is 17.8. The molecule has 25 heavy (non-hydrogen) atoms. The highest BCUT2D eigenvalue weighted by Crippen LogP contribution is 2.24. The molecular weight excluding hydrogens is 322 g/mol. The Hall–Kier alpha value is -2.76. The molecule has 3 rings (SSSR count). The average Bonchev–Trinajstić information content (AvgIpc) is 3.02. The molecule has 6 heteroatoms. The molecule has 132 valence electrons. The summed E-state index contributed by atoms with van der Waals surface area (Å²) < 4.78 is 16.3. The number of benzene rings is 1. The van der Waals surface area contributed by atoms with E-state index in [0.29, 0.717) is 48.9 Å².